The van der Waals surface area contributed by atoms with Crippen LogP contribution in [-0.4, -0.2) is 83.6 Å². The van der Waals surface area contributed by atoms with Crippen LogP contribution in [0.15, 0.2) is 88.2 Å². The number of carbonyl (C=O) groups excluding carboxylic acids is 2. The molecule has 2 aromatic rings. The number of esters is 2. The minimum absolute atomic E-state index is 0. The van der Waals surface area contributed by atoms with Gasteiger partial charge >= 0.3 is 11.9 Å². The lowest BCUT2D eigenvalue weighted by Crippen LogP contribution is -2.30. The summed E-state index contributed by atoms with van der Waals surface area (Å²) in [6.07, 6.45) is 37.5. The summed E-state index contributed by atoms with van der Waals surface area (Å²) >= 11 is 0. The molecule has 492 valence electrons. The highest BCUT2D eigenvalue weighted by Crippen LogP contribution is 2.44. The third kappa shape index (κ3) is 30.4. The van der Waals surface area contributed by atoms with Crippen LogP contribution in [0.1, 0.15) is 221 Å². The van der Waals surface area contributed by atoms with E-state index in [2.05, 4.69) is 80.6 Å². The Morgan fingerprint density at radius 2 is 1.15 bits per heavy atom. The van der Waals surface area contributed by atoms with Crippen molar-refractivity contribution in [2.75, 3.05) is 62.8 Å². The third-order valence-electron chi connectivity index (χ3n) is 15.6. The number of rotatable bonds is 48. The second-order valence-electron chi connectivity index (χ2n) is 22.3. The number of fused-ring (bicyclic) bond motifs is 2. The standard InChI is InChI=1S/C68H106N3O12PS.2H3N/c1-7-13-15-17-19-21-23-25-27-29-31-33-35-37-39-41-66(72)79-54-59(82-67(73)42-40-38-36-34-32-30-28-26-24-22-20-18-16-14-8-2)55-81-84(74,75)80-50-49-69-56-43-46-62(65(51-56)85(76,77)78)68-60-47-44-57(70(9-3)10-4)52-63(60)83-64-53-58(45-48-61(64)68)71(11-5)12-6;;/h25-28,43-48,51-53,59H,7-24,29-42,49-50,54-55H2,1-6H3,(H2,74,75,76,77,78);2*1H3/p+1/b27-25-,28-26-;;/t59-;;/m1../s1. The van der Waals surface area contributed by atoms with Gasteiger partial charge < -0.3 is 54.9 Å². The van der Waals surface area contributed by atoms with Gasteiger partial charge in [0.05, 0.1) is 24.2 Å². The van der Waals surface area contributed by atoms with Crippen molar-refractivity contribution in [3.8, 4) is 22.5 Å². The van der Waals surface area contributed by atoms with Crippen molar-refractivity contribution in [1.82, 2.24) is 16.9 Å². The number of nitrogens with zero attached hydrogens (tertiary/aromatic N) is 2. The van der Waals surface area contributed by atoms with Crippen LogP contribution in [0, 0.1) is 0 Å². The van der Waals surface area contributed by atoms with Crippen molar-refractivity contribution in [1.29, 1.82) is 0 Å². The quantitative estimate of drug-likeness (QED) is 0.00706. The van der Waals surface area contributed by atoms with Crippen LogP contribution >= 0.6 is 7.82 Å². The van der Waals surface area contributed by atoms with Gasteiger partial charge in [0.15, 0.2) is 6.10 Å². The summed E-state index contributed by atoms with van der Waals surface area (Å²) in [6.45, 7) is 14.2. The molecule has 19 heteroatoms. The van der Waals surface area contributed by atoms with Crippen molar-refractivity contribution in [2.45, 2.75) is 232 Å². The molecule has 87 heavy (non-hydrogen) atoms. The predicted molar refractivity (Wildman–Crippen MR) is 356 cm³/mol. The summed E-state index contributed by atoms with van der Waals surface area (Å²) in [7, 11) is -10.1. The molecule has 0 aromatic heterocycles. The fourth-order valence-corrected chi connectivity index (χ4v) is 12.1. The zero-order valence-corrected chi connectivity index (χ0v) is 56.4. The predicted octanol–water partition coefficient (Wildman–Crippen LogP) is 17.0. The lowest BCUT2D eigenvalue weighted by atomic mass is 9.93. The van der Waals surface area contributed by atoms with E-state index in [-0.39, 0.29) is 49.5 Å². The summed E-state index contributed by atoms with van der Waals surface area (Å²) in [6, 6.07) is 15.9. The number of allylic oxidation sites excluding steroid dienone is 4. The number of carbonyl (C=O) groups is 2. The molecule has 1 heterocycles. The minimum atomic E-state index is -5.08. The van der Waals surface area contributed by atoms with Crippen molar-refractivity contribution in [3.05, 3.63) is 84.3 Å². The van der Waals surface area contributed by atoms with Crippen LogP contribution in [0.2, 0.25) is 0 Å². The average molecular weight is 1260 g/mol. The van der Waals surface area contributed by atoms with E-state index < -0.39 is 54.1 Å². The first-order valence-electron chi connectivity index (χ1n) is 32.6. The fraction of sp³-hybridized carbons (Fsp3) is 0.632. The van der Waals surface area contributed by atoms with Crippen molar-refractivity contribution in [2.24, 2.45) is 0 Å². The number of unbranched alkanes of at least 4 members (excludes halogenated alkanes) is 22. The lowest BCUT2D eigenvalue weighted by Gasteiger charge is -2.26. The zero-order valence-electron chi connectivity index (χ0n) is 54.7. The summed E-state index contributed by atoms with van der Waals surface area (Å²) in [5, 5.41) is 4.52. The molecule has 0 fully saturated rings. The molecule has 0 saturated heterocycles. The van der Waals surface area contributed by atoms with Gasteiger partial charge in [-0.05, 0) is 122 Å². The molecule has 0 saturated carbocycles. The third-order valence-corrected chi connectivity index (χ3v) is 17.4. The molecule has 1 aliphatic heterocycles. The number of quaternary nitrogens is 2. The van der Waals surface area contributed by atoms with Gasteiger partial charge in [-0.25, -0.2) is 13.0 Å². The Morgan fingerprint density at radius 3 is 1.68 bits per heavy atom. The summed E-state index contributed by atoms with van der Waals surface area (Å²) in [5.74, 6) is -0.502. The molecule has 0 radical (unpaired) electrons. The molecule has 17 nitrogen and oxygen atoms in total. The summed E-state index contributed by atoms with van der Waals surface area (Å²) in [5.41, 5.74) is 2.99. The molecular weight excluding hydrogens is 1140 g/mol. The zero-order chi connectivity index (χ0) is 61.6. The van der Waals surface area contributed by atoms with Crippen LogP contribution < -0.4 is 37.3 Å². The Balaban J connectivity index is 0.0000129. The number of hydrogen-bond acceptors (Lipinski definition) is 14. The maximum atomic E-state index is 13.1. The second-order valence-corrected chi connectivity index (χ2v) is 25.1. The Labute approximate surface area is 523 Å². The first-order valence-corrected chi connectivity index (χ1v) is 35.5. The lowest BCUT2D eigenvalue weighted by molar-refractivity contribution is -0.228. The number of nitrogens with one attached hydrogen (secondary N) is 1. The number of phosphoric acid groups is 1. The molecule has 2 aliphatic rings. The first-order chi connectivity index (χ1) is 41.2. The Bertz CT molecular complexity index is 2810. The van der Waals surface area contributed by atoms with Gasteiger partial charge in [-0.3, -0.25) is 14.2 Å². The first kappa shape index (κ1) is 78.2. The molecule has 2 aromatic carbocycles. The normalized spacial score (nSPS) is 12.7. The molecule has 4 rings (SSSR count). The Kier molecular flexibility index (Phi) is 40.8. The minimum Gasteiger partial charge on any atom is -0.756 e. The average Bonchev–Trinajstić information content (AvgIpc) is 2.23. The number of hydrogen-bond donors (Lipinski definition) is 3. The van der Waals surface area contributed by atoms with Gasteiger partial charge in [0.1, 0.15) is 41.2 Å². The SMILES string of the molecule is CCCCCCCC/C=C\CCCCCCCC(=O)OC[C@H](COP(=O)([O-])OCCNc1ccc(-c2c3ccc(=[N+](CC)CC)cc-3oc3cc(N(CC)CC)ccc23)c(S(=O)(=O)[O-])c1)OC(=O)CCCCCCC/C=C\CCCCCCCC.[NH4+].[NH4+]. The summed E-state index contributed by atoms with van der Waals surface area (Å²) < 4.78 is 82.8. The Morgan fingerprint density at radius 1 is 0.632 bits per heavy atom. The maximum absolute atomic E-state index is 13.1. The largest absolute Gasteiger partial charge is 0.756 e. The van der Waals surface area contributed by atoms with E-state index in [4.69, 9.17) is 22.9 Å². The number of benzene rings is 3. The summed E-state index contributed by atoms with van der Waals surface area (Å²) in [4.78, 5) is 40.7. The molecule has 0 spiro atoms. The van der Waals surface area contributed by atoms with Gasteiger partial charge in [-0.2, -0.15) is 0 Å². The van der Waals surface area contributed by atoms with Crippen molar-refractivity contribution >= 4 is 52.2 Å². The highest BCUT2D eigenvalue weighted by Gasteiger charge is 2.25. The highest BCUT2D eigenvalue weighted by molar-refractivity contribution is 7.86. The Hall–Kier alpha value is -4.91. The molecular formula is C68H113N5O12PS+. The van der Waals surface area contributed by atoms with E-state index >= 15 is 0 Å². The number of ether oxygens (including phenoxy) is 2. The topological polar surface area (TPSA) is 273 Å². The molecule has 0 amide bonds. The molecule has 2 atom stereocenters. The molecule has 1 aliphatic carbocycles. The van der Waals surface area contributed by atoms with Crippen molar-refractivity contribution < 1.29 is 55.0 Å². The van der Waals surface area contributed by atoms with E-state index in [9.17, 15) is 32.0 Å². The van der Waals surface area contributed by atoms with Crippen LogP contribution in [0.3, 0.4) is 0 Å². The van der Waals surface area contributed by atoms with Crippen LogP contribution in [0.5, 0.6) is 0 Å². The van der Waals surface area contributed by atoms with Gasteiger partial charge in [-0.15, -0.1) is 0 Å². The monoisotopic (exact) mass is 1250 g/mol. The van der Waals surface area contributed by atoms with E-state index in [1.54, 1.807) is 12.1 Å². The van der Waals surface area contributed by atoms with Gasteiger partial charge in [0, 0.05) is 78.1 Å². The molecule has 0 bridgehead atoms. The van der Waals surface area contributed by atoms with E-state index in [1.165, 1.54) is 83.1 Å². The number of phosphoric ester groups is 1. The highest BCUT2D eigenvalue weighted by atomic mass is 32.2. The fourth-order valence-electron chi connectivity index (χ4n) is 10.6. The van der Waals surface area contributed by atoms with E-state index in [0.717, 1.165) is 114 Å². The van der Waals surface area contributed by atoms with Crippen molar-refractivity contribution in [3.63, 3.8) is 0 Å². The van der Waals surface area contributed by atoms with Gasteiger partial charge in [0.25, 0.3) is 7.82 Å². The van der Waals surface area contributed by atoms with Gasteiger partial charge in [-0.1, -0.05) is 147 Å². The van der Waals surface area contributed by atoms with Crippen LogP contribution in [0.25, 0.3) is 33.4 Å². The smallest absolute Gasteiger partial charge is 0.306 e. The van der Waals surface area contributed by atoms with Gasteiger partial charge in [0.2, 0.25) is 5.36 Å². The second kappa shape index (κ2) is 45.4. The van der Waals surface area contributed by atoms with E-state index in [1.807, 2.05) is 36.4 Å². The molecule has 9 N–H and O–H groups in total. The molecule has 1 unspecified atom stereocenters. The van der Waals surface area contributed by atoms with Crippen LogP contribution in [-0.2, 0) is 42.8 Å². The maximum Gasteiger partial charge on any atom is 0.306 e. The van der Waals surface area contributed by atoms with Crippen LogP contribution in [0.4, 0.5) is 11.4 Å². The van der Waals surface area contributed by atoms with E-state index in [0.29, 0.717) is 40.7 Å². The number of anilines is 2.